The second-order valence-electron chi connectivity index (χ2n) is 4.32. The molecule has 0 unspecified atom stereocenters. The largest absolute Gasteiger partial charge is 0.356 e. The van der Waals surface area contributed by atoms with E-state index in [1.165, 1.54) is 0 Å². The highest BCUT2D eigenvalue weighted by Gasteiger charge is 2.41. The third-order valence-electron chi connectivity index (χ3n) is 3.02. The molecule has 0 N–H and O–H groups in total. The second-order valence-corrected chi connectivity index (χ2v) is 4.32. The molecule has 0 bridgehead atoms. The van der Waals surface area contributed by atoms with Gasteiger partial charge in [-0.25, -0.2) is 18.7 Å². The summed E-state index contributed by atoms with van der Waals surface area (Å²) in [5.74, 6) is -1.76. The molecule has 1 fully saturated rings. The van der Waals surface area contributed by atoms with Crippen LogP contribution in [0.3, 0.4) is 0 Å². The third kappa shape index (κ3) is 2.13. The summed E-state index contributed by atoms with van der Waals surface area (Å²) in [6.45, 7) is 4.09. The average Bonchev–Trinajstić information content (AvgIpc) is 2.22. The summed E-state index contributed by atoms with van der Waals surface area (Å²) in [5, 5.41) is 0. The molecule has 1 aromatic heterocycles. The topological polar surface area (TPSA) is 29.0 Å². The molecule has 2 rings (SSSR count). The van der Waals surface area contributed by atoms with E-state index in [9.17, 15) is 8.78 Å². The van der Waals surface area contributed by atoms with Crippen molar-refractivity contribution >= 4 is 5.82 Å². The van der Waals surface area contributed by atoms with Crippen molar-refractivity contribution in [2.24, 2.45) is 5.92 Å². The molecule has 3 nitrogen and oxygen atoms in total. The minimum absolute atomic E-state index is 0.1000. The van der Waals surface area contributed by atoms with Gasteiger partial charge in [0, 0.05) is 31.6 Å². The van der Waals surface area contributed by atoms with Gasteiger partial charge < -0.3 is 4.90 Å². The molecule has 2 heterocycles. The first-order valence-corrected chi connectivity index (χ1v) is 5.41. The van der Waals surface area contributed by atoms with Crippen molar-refractivity contribution in [1.29, 1.82) is 0 Å². The Morgan fingerprint density at radius 2 is 2.25 bits per heavy atom. The minimum atomic E-state index is -2.54. The van der Waals surface area contributed by atoms with Gasteiger partial charge in [0.05, 0.1) is 0 Å². The summed E-state index contributed by atoms with van der Waals surface area (Å²) in [7, 11) is 0. The summed E-state index contributed by atoms with van der Waals surface area (Å²) in [6, 6.07) is 1.77. The van der Waals surface area contributed by atoms with Crippen LogP contribution in [0.1, 0.15) is 19.2 Å². The molecule has 1 aromatic rings. The lowest BCUT2D eigenvalue weighted by Crippen LogP contribution is -2.46. The molecule has 1 aliphatic heterocycles. The molecule has 16 heavy (non-hydrogen) atoms. The lowest BCUT2D eigenvalue weighted by Gasteiger charge is -2.37. The Labute approximate surface area is 93.5 Å². The third-order valence-corrected chi connectivity index (χ3v) is 3.02. The standard InChI is InChI=1S/C11H15F2N3/c1-8-7-16(6-4-11(8,12)13)10-3-5-14-9(2)15-10/h3,5,8H,4,6-7H2,1-2H3/t8-/m0/s1. The fourth-order valence-electron chi connectivity index (χ4n) is 1.91. The Hall–Kier alpha value is -1.26. The molecule has 88 valence electrons. The van der Waals surface area contributed by atoms with Gasteiger partial charge in [-0.05, 0) is 13.0 Å². The van der Waals surface area contributed by atoms with Crippen molar-refractivity contribution in [2.75, 3.05) is 18.0 Å². The van der Waals surface area contributed by atoms with Crippen molar-refractivity contribution in [3.63, 3.8) is 0 Å². The SMILES string of the molecule is Cc1nccc(N2CCC(F)(F)[C@@H](C)C2)n1. The highest BCUT2D eigenvalue weighted by Crippen LogP contribution is 2.34. The Balaban J connectivity index is 2.14. The monoisotopic (exact) mass is 227 g/mol. The maximum absolute atomic E-state index is 13.3. The van der Waals surface area contributed by atoms with E-state index in [4.69, 9.17) is 0 Å². The Kier molecular flexibility index (Phi) is 2.78. The normalized spacial score (nSPS) is 24.5. The van der Waals surface area contributed by atoms with E-state index in [0.29, 0.717) is 18.9 Å². The summed E-state index contributed by atoms with van der Waals surface area (Å²) < 4.78 is 26.6. The molecule has 0 aliphatic carbocycles. The molecule has 0 aromatic carbocycles. The van der Waals surface area contributed by atoms with E-state index >= 15 is 0 Å². The van der Waals surface area contributed by atoms with Gasteiger partial charge in [-0.15, -0.1) is 0 Å². The molecule has 1 atom stereocenters. The number of alkyl halides is 2. The molecule has 5 heteroatoms. The molecule has 0 amide bonds. The van der Waals surface area contributed by atoms with E-state index in [1.54, 1.807) is 26.1 Å². The number of rotatable bonds is 1. The van der Waals surface area contributed by atoms with Gasteiger partial charge in [-0.1, -0.05) is 6.92 Å². The average molecular weight is 227 g/mol. The van der Waals surface area contributed by atoms with E-state index in [0.717, 1.165) is 5.82 Å². The molecule has 0 spiro atoms. The van der Waals surface area contributed by atoms with E-state index in [2.05, 4.69) is 9.97 Å². The van der Waals surface area contributed by atoms with Gasteiger partial charge >= 0.3 is 0 Å². The van der Waals surface area contributed by atoms with Gasteiger partial charge in [0.1, 0.15) is 11.6 Å². The molecule has 0 saturated carbocycles. The molecular formula is C11H15F2N3. The summed E-state index contributed by atoms with van der Waals surface area (Å²) >= 11 is 0. The zero-order valence-corrected chi connectivity index (χ0v) is 9.45. The Morgan fingerprint density at radius 1 is 1.50 bits per heavy atom. The summed E-state index contributed by atoms with van der Waals surface area (Å²) in [4.78, 5) is 10.1. The van der Waals surface area contributed by atoms with E-state index < -0.39 is 11.8 Å². The number of aryl methyl sites for hydroxylation is 1. The number of anilines is 1. The Morgan fingerprint density at radius 3 is 2.88 bits per heavy atom. The van der Waals surface area contributed by atoms with Gasteiger partial charge in [-0.3, -0.25) is 0 Å². The number of hydrogen-bond donors (Lipinski definition) is 0. The predicted octanol–water partition coefficient (Wildman–Crippen LogP) is 2.27. The minimum Gasteiger partial charge on any atom is -0.356 e. The first-order valence-electron chi connectivity index (χ1n) is 5.41. The number of piperidine rings is 1. The van der Waals surface area contributed by atoms with E-state index in [1.807, 2.05) is 4.90 Å². The van der Waals surface area contributed by atoms with Crippen molar-refractivity contribution in [3.05, 3.63) is 18.1 Å². The zero-order chi connectivity index (χ0) is 11.8. The maximum Gasteiger partial charge on any atom is 0.254 e. The predicted molar refractivity (Wildman–Crippen MR) is 57.7 cm³/mol. The first-order chi connectivity index (χ1) is 7.49. The number of halogens is 2. The smallest absolute Gasteiger partial charge is 0.254 e. The fraction of sp³-hybridized carbons (Fsp3) is 0.636. The molecule has 1 aliphatic rings. The zero-order valence-electron chi connectivity index (χ0n) is 9.45. The van der Waals surface area contributed by atoms with Crippen molar-refractivity contribution in [2.45, 2.75) is 26.2 Å². The summed E-state index contributed by atoms with van der Waals surface area (Å²) in [6.07, 6.45) is 1.56. The highest BCUT2D eigenvalue weighted by molar-refractivity contribution is 5.38. The van der Waals surface area contributed by atoms with Crippen molar-refractivity contribution in [3.8, 4) is 0 Å². The van der Waals surface area contributed by atoms with Crippen LogP contribution in [0.2, 0.25) is 0 Å². The van der Waals surface area contributed by atoms with Crippen LogP contribution < -0.4 is 4.90 Å². The van der Waals surface area contributed by atoms with Crippen LogP contribution in [0.25, 0.3) is 0 Å². The van der Waals surface area contributed by atoms with Gasteiger partial charge in [0.2, 0.25) is 0 Å². The molecule has 1 saturated heterocycles. The number of hydrogen-bond acceptors (Lipinski definition) is 3. The number of aromatic nitrogens is 2. The first kappa shape index (κ1) is 11.2. The maximum atomic E-state index is 13.3. The van der Waals surface area contributed by atoms with Crippen LogP contribution in [0.4, 0.5) is 14.6 Å². The quantitative estimate of drug-likeness (QED) is 0.737. The second kappa shape index (κ2) is 3.96. The van der Waals surface area contributed by atoms with Crippen molar-refractivity contribution in [1.82, 2.24) is 9.97 Å². The van der Waals surface area contributed by atoms with Crippen LogP contribution in [0.15, 0.2) is 12.3 Å². The van der Waals surface area contributed by atoms with Crippen LogP contribution in [0, 0.1) is 12.8 Å². The van der Waals surface area contributed by atoms with Gasteiger partial charge in [0.15, 0.2) is 0 Å². The molecule has 0 radical (unpaired) electrons. The van der Waals surface area contributed by atoms with Crippen LogP contribution in [-0.4, -0.2) is 29.0 Å². The van der Waals surface area contributed by atoms with Crippen LogP contribution in [0.5, 0.6) is 0 Å². The lowest BCUT2D eigenvalue weighted by molar-refractivity contribution is -0.0652. The number of nitrogens with zero attached hydrogens (tertiary/aromatic N) is 3. The van der Waals surface area contributed by atoms with E-state index in [-0.39, 0.29) is 6.42 Å². The fourth-order valence-corrected chi connectivity index (χ4v) is 1.91. The lowest BCUT2D eigenvalue weighted by atomic mass is 9.95. The summed E-state index contributed by atoms with van der Waals surface area (Å²) in [5.41, 5.74) is 0. The molecular weight excluding hydrogens is 212 g/mol. The van der Waals surface area contributed by atoms with Gasteiger partial charge in [-0.2, -0.15) is 0 Å². The van der Waals surface area contributed by atoms with Gasteiger partial charge in [0.25, 0.3) is 5.92 Å². The van der Waals surface area contributed by atoms with Crippen LogP contribution >= 0.6 is 0 Å². The van der Waals surface area contributed by atoms with Crippen LogP contribution in [-0.2, 0) is 0 Å². The highest BCUT2D eigenvalue weighted by atomic mass is 19.3. The van der Waals surface area contributed by atoms with Crippen molar-refractivity contribution < 1.29 is 8.78 Å². The Bertz CT molecular complexity index is 381.